The molecule has 4 rings (SSSR count). The number of rotatable bonds is 5. The summed E-state index contributed by atoms with van der Waals surface area (Å²) in [6, 6.07) is 7.28. The van der Waals surface area contributed by atoms with Crippen molar-refractivity contribution in [2.75, 3.05) is 13.7 Å². The Labute approximate surface area is 190 Å². The molecule has 6 nitrogen and oxygen atoms in total. The van der Waals surface area contributed by atoms with Crippen molar-refractivity contribution in [3.05, 3.63) is 23.3 Å². The third kappa shape index (κ3) is 4.73. The molecule has 0 saturated heterocycles. The van der Waals surface area contributed by atoms with Gasteiger partial charge in [-0.2, -0.15) is 5.26 Å². The summed E-state index contributed by atoms with van der Waals surface area (Å²) in [5, 5.41) is 16.3. The van der Waals surface area contributed by atoms with Crippen molar-refractivity contribution in [2.24, 2.45) is 10.9 Å². The van der Waals surface area contributed by atoms with Crippen LogP contribution in [-0.2, 0) is 6.42 Å². The van der Waals surface area contributed by atoms with Crippen molar-refractivity contribution in [2.45, 2.75) is 70.1 Å². The summed E-state index contributed by atoms with van der Waals surface area (Å²) in [5.74, 6) is 3.25. The lowest BCUT2D eigenvalue weighted by molar-refractivity contribution is 0.254. The van der Waals surface area contributed by atoms with E-state index in [-0.39, 0.29) is 42.0 Å². The summed E-state index contributed by atoms with van der Waals surface area (Å²) in [6.07, 6.45) is 5.33. The minimum atomic E-state index is 0. The van der Waals surface area contributed by atoms with Crippen LogP contribution in [0.2, 0.25) is 0 Å². The molecule has 1 aromatic rings. The van der Waals surface area contributed by atoms with Crippen LogP contribution in [0.15, 0.2) is 17.1 Å². The maximum atomic E-state index is 9.31. The van der Waals surface area contributed by atoms with E-state index in [1.54, 1.807) is 7.05 Å². The van der Waals surface area contributed by atoms with Crippen molar-refractivity contribution >= 4 is 29.9 Å². The molecule has 0 amide bonds. The number of fused-ring (bicyclic) bond motifs is 1. The maximum absolute atomic E-state index is 9.31. The van der Waals surface area contributed by atoms with Gasteiger partial charge in [-0.25, -0.2) is 0 Å². The average molecular weight is 510 g/mol. The van der Waals surface area contributed by atoms with Gasteiger partial charge in [-0.3, -0.25) is 4.99 Å². The monoisotopic (exact) mass is 510 g/mol. The van der Waals surface area contributed by atoms with Gasteiger partial charge in [0.25, 0.3) is 0 Å². The van der Waals surface area contributed by atoms with Gasteiger partial charge in [0.1, 0.15) is 17.6 Å². The van der Waals surface area contributed by atoms with Gasteiger partial charge in [0.2, 0.25) is 0 Å². The Balaban J connectivity index is 0.00000240. The number of nitrogens with zero attached hydrogens (tertiary/aromatic N) is 2. The molecule has 3 aliphatic rings. The summed E-state index contributed by atoms with van der Waals surface area (Å²) < 4.78 is 11.9. The van der Waals surface area contributed by atoms with E-state index in [1.165, 1.54) is 11.1 Å². The Bertz CT molecular complexity index is 807. The second-order valence-corrected chi connectivity index (χ2v) is 8.15. The molecular weight excluding hydrogens is 479 g/mol. The van der Waals surface area contributed by atoms with E-state index in [0.29, 0.717) is 18.6 Å². The number of nitriles is 1. The quantitative estimate of drug-likeness (QED) is 0.359. The minimum absolute atomic E-state index is 0. The molecule has 0 bridgehead atoms. The Morgan fingerprint density at radius 1 is 1.31 bits per heavy atom. The number of benzene rings is 1. The number of halogens is 1. The number of aliphatic imine (C=N–C) groups is 1. The molecular formula is C22H31IN4O2. The second kappa shape index (κ2) is 9.41. The SMILES string of the molecule is CCOc1cc2c(cc1C1CC1NC(=NC)NC1CCCC1C#N)OC(C)C2.I. The summed E-state index contributed by atoms with van der Waals surface area (Å²) in [5.41, 5.74) is 2.46. The van der Waals surface area contributed by atoms with Crippen molar-refractivity contribution in [3.63, 3.8) is 0 Å². The smallest absolute Gasteiger partial charge is 0.191 e. The molecule has 158 valence electrons. The highest BCUT2D eigenvalue weighted by Gasteiger charge is 2.42. The van der Waals surface area contributed by atoms with Crippen LogP contribution in [0.3, 0.4) is 0 Å². The highest BCUT2D eigenvalue weighted by atomic mass is 127. The van der Waals surface area contributed by atoms with E-state index >= 15 is 0 Å². The number of hydrogen-bond acceptors (Lipinski definition) is 4. The fourth-order valence-electron chi connectivity index (χ4n) is 4.53. The summed E-state index contributed by atoms with van der Waals surface area (Å²) in [4.78, 5) is 4.38. The zero-order valence-corrected chi connectivity index (χ0v) is 19.7. The van der Waals surface area contributed by atoms with E-state index in [2.05, 4.69) is 40.8 Å². The van der Waals surface area contributed by atoms with Gasteiger partial charge in [-0.05, 0) is 51.7 Å². The lowest BCUT2D eigenvalue weighted by Gasteiger charge is -2.19. The van der Waals surface area contributed by atoms with Gasteiger partial charge in [0.15, 0.2) is 5.96 Å². The molecule has 2 N–H and O–H groups in total. The van der Waals surface area contributed by atoms with Gasteiger partial charge in [0, 0.05) is 42.6 Å². The first-order valence-corrected chi connectivity index (χ1v) is 10.5. The Morgan fingerprint density at radius 3 is 2.83 bits per heavy atom. The van der Waals surface area contributed by atoms with Crippen LogP contribution in [0.5, 0.6) is 11.5 Å². The fraction of sp³-hybridized carbons (Fsp3) is 0.636. The Morgan fingerprint density at radius 2 is 2.10 bits per heavy atom. The van der Waals surface area contributed by atoms with E-state index in [4.69, 9.17) is 9.47 Å². The molecule has 2 fully saturated rings. The highest BCUT2D eigenvalue weighted by molar-refractivity contribution is 14.0. The molecule has 5 unspecified atom stereocenters. The number of guanidine groups is 1. The fourth-order valence-corrected chi connectivity index (χ4v) is 4.53. The third-order valence-corrected chi connectivity index (χ3v) is 6.07. The topological polar surface area (TPSA) is 78.7 Å². The predicted octanol–water partition coefficient (Wildman–Crippen LogP) is 3.74. The van der Waals surface area contributed by atoms with Crippen molar-refractivity contribution in [3.8, 4) is 17.6 Å². The molecule has 2 aliphatic carbocycles. The van der Waals surface area contributed by atoms with Crippen LogP contribution in [0.1, 0.15) is 56.6 Å². The van der Waals surface area contributed by atoms with Crippen LogP contribution < -0.4 is 20.1 Å². The zero-order chi connectivity index (χ0) is 19.7. The molecule has 1 aromatic carbocycles. The lowest BCUT2D eigenvalue weighted by atomic mass is 10.0. The van der Waals surface area contributed by atoms with Crippen LogP contribution in [-0.4, -0.2) is 37.8 Å². The molecule has 2 saturated carbocycles. The summed E-state index contributed by atoms with van der Waals surface area (Å²) >= 11 is 0. The highest BCUT2D eigenvalue weighted by Crippen LogP contribution is 2.48. The van der Waals surface area contributed by atoms with Gasteiger partial charge >= 0.3 is 0 Å². The standard InChI is InChI=1S/C22H30N4O2.HI/c1-4-27-21-9-15-8-13(2)28-20(15)11-17(21)16-10-19(16)26-22(24-3)25-18-7-5-6-14(18)12-23;/h9,11,13-14,16,18-19H,4-8,10H2,1-3H3,(H2,24,25,26);1H. The predicted molar refractivity (Wildman–Crippen MR) is 124 cm³/mol. The number of ether oxygens (including phenoxy) is 2. The molecule has 0 spiro atoms. The van der Waals surface area contributed by atoms with Gasteiger partial charge in [-0.1, -0.05) is 0 Å². The van der Waals surface area contributed by atoms with Crippen molar-refractivity contribution < 1.29 is 9.47 Å². The van der Waals surface area contributed by atoms with Gasteiger partial charge in [-0.15, -0.1) is 24.0 Å². The first-order valence-electron chi connectivity index (χ1n) is 10.5. The molecule has 0 radical (unpaired) electrons. The number of nitrogens with one attached hydrogen (secondary N) is 2. The third-order valence-electron chi connectivity index (χ3n) is 6.07. The first kappa shape index (κ1) is 22.0. The van der Waals surface area contributed by atoms with Gasteiger partial charge in [0.05, 0.1) is 18.6 Å². The van der Waals surface area contributed by atoms with E-state index in [0.717, 1.165) is 49.6 Å². The Hall–Kier alpha value is -1.69. The summed E-state index contributed by atoms with van der Waals surface area (Å²) in [7, 11) is 1.79. The maximum Gasteiger partial charge on any atom is 0.191 e. The lowest BCUT2D eigenvalue weighted by Crippen LogP contribution is -2.45. The van der Waals surface area contributed by atoms with E-state index in [1.807, 2.05) is 6.92 Å². The number of hydrogen-bond donors (Lipinski definition) is 2. The minimum Gasteiger partial charge on any atom is -0.494 e. The average Bonchev–Trinajstić information content (AvgIpc) is 3.12. The first-order chi connectivity index (χ1) is 13.6. The van der Waals surface area contributed by atoms with Crippen LogP contribution in [0.4, 0.5) is 0 Å². The van der Waals surface area contributed by atoms with E-state index < -0.39 is 0 Å². The summed E-state index contributed by atoms with van der Waals surface area (Å²) in [6.45, 7) is 4.79. The van der Waals surface area contributed by atoms with E-state index in [9.17, 15) is 5.26 Å². The van der Waals surface area contributed by atoms with Crippen molar-refractivity contribution in [1.82, 2.24) is 10.6 Å². The zero-order valence-electron chi connectivity index (χ0n) is 17.4. The normalized spacial score (nSPS) is 29.9. The van der Waals surface area contributed by atoms with Crippen LogP contribution in [0, 0.1) is 17.2 Å². The van der Waals surface area contributed by atoms with Crippen molar-refractivity contribution in [1.29, 1.82) is 5.26 Å². The molecule has 5 atom stereocenters. The Kier molecular flexibility index (Phi) is 7.14. The van der Waals surface area contributed by atoms with Crippen LogP contribution in [0.25, 0.3) is 0 Å². The molecule has 29 heavy (non-hydrogen) atoms. The molecule has 1 heterocycles. The molecule has 1 aliphatic heterocycles. The van der Waals surface area contributed by atoms with Gasteiger partial charge < -0.3 is 20.1 Å². The van der Waals surface area contributed by atoms with Crippen LogP contribution >= 0.6 is 24.0 Å². The second-order valence-electron chi connectivity index (χ2n) is 8.15. The molecule has 7 heteroatoms. The largest absolute Gasteiger partial charge is 0.494 e. The molecule has 0 aromatic heterocycles.